The molecule has 4 atom stereocenters. The van der Waals surface area contributed by atoms with Gasteiger partial charge >= 0.3 is 0 Å². The highest BCUT2D eigenvalue weighted by atomic mass is 31.2. The fraction of sp³-hybridized carbons (Fsp3) is 0.200. The van der Waals surface area contributed by atoms with E-state index >= 15 is 0 Å². The minimum Gasteiger partial charge on any atom is -0.301 e. The maximum Gasteiger partial charge on any atom is 0.186 e. The number of hydrogen-bond acceptors (Lipinski definition) is 1. The van der Waals surface area contributed by atoms with Gasteiger partial charge in [-0.05, 0) is 12.6 Å². The van der Waals surface area contributed by atoms with Crippen LogP contribution in [0.25, 0.3) is 0 Å². The van der Waals surface area contributed by atoms with Crippen LogP contribution in [0.2, 0.25) is 0 Å². The maximum absolute atomic E-state index is 14.1. The molecule has 0 saturated carbocycles. The second-order valence-electron chi connectivity index (χ2n) is 6.23. The summed E-state index contributed by atoms with van der Waals surface area (Å²) in [6.45, 7) is 0. The third kappa shape index (κ3) is 2.17. The van der Waals surface area contributed by atoms with E-state index in [2.05, 4.69) is 47.2 Å². The van der Waals surface area contributed by atoms with Gasteiger partial charge in [0.2, 0.25) is 0 Å². The Morgan fingerprint density at radius 3 is 2.17 bits per heavy atom. The molecule has 2 aromatic carbocycles. The fourth-order valence-corrected chi connectivity index (χ4v) is 7.43. The van der Waals surface area contributed by atoms with Crippen LogP contribution in [0, 0.1) is 5.92 Å². The Morgan fingerprint density at radius 2 is 1.48 bits per heavy atom. The third-order valence-corrected chi connectivity index (χ3v) is 8.60. The zero-order valence-corrected chi connectivity index (χ0v) is 14.0. The average Bonchev–Trinajstić information content (AvgIpc) is 2.86. The smallest absolute Gasteiger partial charge is 0.186 e. The summed E-state index contributed by atoms with van der Waals surface area (Å²) in [6.07, 6.45) is 8.49. The number of allylic oxidation sites excluding steroid dienone is 3. The molecule has 1 aliphatic carbocycles. The van der Waals surface area contributed by atoms with Gasteiger partial charge in [0, 0.05) is 17.3 Å². The van der Waals surface area contributed by atoms with Gasteiger partial charge in [0.15, 0.2) is 7.29 Å². The molecule has 3 heteroatoms. The first-order valence-corrected chi connectivity index (χ1v) is 9.74. The van der Waals surface area contributed by atoms with Crippen LogP contribution in [0.15, 0.2) is 85.0 Å². The SMILES string of the molecule is CN1[C@H](c2ccccc2)[C@H]2C=CC=C[C@H]2P1(=O)c1ccccc1. The quantitative estimate of drug-likeness (QED) is 0.765. The lowest BCUT2D eigenvalue weighted by atomic mass is 9.88. The lowest BCUT2D eigenvalue weighted by Crippen LogP contribution is -2.22. The fourth-order valence-electron chi connectivity index (χ4n) is 3.98. The van der Waals surface area contributed by atoms with Crippen molar-refractivity contribution in [1.82, 2.24) is 4.67 Å². The summed E-state index contributed by atoms with van der Waals surface area (Å²) in [4.78, 5) is 0. The molecule has 4 rings (SSSR count). The summed E-state index contributed by atoms with van der Waals surface area (Å²) in [6, 6.07) is 20.5. The topological polar surface area (TPSA) is 20.3 Å². The zero-order chi connectivity index (χ0) is 15.9. The molecule has 0 spiro atoms. The molecule has 0 radical (unpaired) electrons. The van der Waals surface area contributed by atoms with E-state index in [0.29, 0.717) is 0 Å². The van der Waals surface area contributed by atoms with Crippen molar-refractivity contribution < 1.29 is 4.57 Å². The monoisotopic (exact) mass is 321 g/mol. The van der Waals surface area contributed by atoms with E-state index in [1.54, 1.807) is 0 Å². The van der Waals surface area contributed by atoms with Gasteiger partial charge < -0.3 is 4.57 Å². The number of rotatable bonds is 2. The Morgan fingerprint density at radius 1 is 0.870 bits per heavy atom. The van der Waals surface area contributed by atoms with E-state index < -0.39 is 7.29 Å². The Labute approximate surface area is 137 Å². The van der Waals surface area contributed by atoms with Gasteiger partial charge in [0.25, 0.3) is 0 Å². The number of nitrogens with zero attached hydrogens (tertiary/aromatic N) is 1. The molecule has 0 bridgehead atoms. The van der Waals surface area contributed by atoms with E-state index in [0.717, 1.165) is 5.30 Å². The predicted molar refractivity (Wildman–Crippen MR) is 96.2 cm³/mol. The second-order valence-corrected chi connectivity index (χ2v) is 9.21. The first-order chi connectivity index (χ1) is 11.2. The van der Waals surface area contributed by atoms with E-state index in [4.69, 9.17) is 0 Å². The number of hydrogen-bond donors (Lipinski definition) is 0. The van der Waals surface area contributed by atoms with E-state index in [-0.39, 0.29) is 17.6 Å². The predicted octanol–water partition coefficient (Wildman–Crippen LogP) is 4.39. The molecule has 1 saturated heterocycles. The molecule has 1 aliphatic heterocycles. The molecule has 2 aromatic rings. The van der Waals surface area contributed by atoms with Gasteiger partial charge in [-0.25, -0.2) is 4.67 Å². The summed E-state index contributed by atoms with van der Waals surface area (Å²) < 4.78 is 16.3. The van der Waals surface area contributed by atoms with Crippen LogP contribution in [-0.4, -0.2) is 17.4 Å². The summed E-state index contributed by atoms with van der Waals surface area (Å²) in [5.41, 5.74) is 1.28. The van der Waals surface area contributed by atoms with Gasteiger partial charge in [-0.1, -0.05) is 85.0 Å². The van der Waals surface area contributed by atoms with E-state index in [1.807, 2.05) is 49.5 Å². The second kappa shape index (κ2) is 5.63. The molecule has 0 N–H and O–H groups in total. The summed E-state index contributed by atoms with van der Waals surface area (Å²) in [5, 5.41) is 0.955. The lowest BCUT2D eigenvalue weighted by molar-refractivity contribution is 0.361. The number of fused-ring (bicyclic) bond motifs is 1. The van der Waals surface area contributed by atoms with Gasteiger partial charge in [-0.2, -0.15) is 0 Å². The Bertz CT molecular complexity index is 797. The Balaban J connectivity index is 1.87. The van der Waals surface area contributed by atoms with Crippen molar-refractivity contribution in [2.24, 2.45) is 5.92 Å². The van der Waals surface area contributed by atoms with E-state index in [1.165, 1.54) is 5.56 Å². The van der Waals surface area contributed by atoms with Gasteiger partial charge in [0.05, 0.1) is 5.66 Å². The maximum atomic E-state index is 14.1. The number of benzene rings is 2. The molecule has 116 valence electrons. The average molecular weight is 321 g/mol. The van der Waals surface area contributed by atoms with Crippen molar-refractivity contribution in [1.29, 1.82) is 0 Å². The highest BCUT2D eigenvalue weighted by molar-refractivity contribution is 7.70. The molecular formula is C20H20NOP. The molecule has 23 heavy (non-hydrogen) atoms. The molecule has 1 heterocycles. The highest BCUT2D eigenvalue weighted by Gasteiger charge is 2.54. The van der Waals surface area contributed by atoms with Crippen molar-refractivity contribution in [2.45, 2.75) is 11.7 Å². The minimum atomic E-state index is -2.67. The van der Waals surface area contributed by atoms with Crippen LogP contribution in [0.1, 0.15) is 11.6 Å². The standard InChI is InChI=1S/C20H20NOP/c1-21-20(16-10-4-2-5-11-16)18-14-8-9-15-19(18)23(21,22)17-12-6-3-7-13-17/h2-15,18-20H,1H3/t18-,19+,20+,23?/m0/s1. The highest BCUT2D eigenvalue weighted by Crippen LogP contribution is 2.67. The molecular weight excluding hydrogens is 301 g/mol. The molecule has 1 fully saturated rings. The summed E-state index contributed by atoms with van der Waals surface area (Å²) in [7, 11) is -0.652. The van der Waals surface area contributed by atoms with Crippen LogP contribution >= 0.6 is 7.29 Å². The molecule has 2 aliphatic rings. The first-order valence-electron chi connectivity index (χ1n) is 8.01. The molecule has 2 nitrogen and oxygen atoms in total. The van der Waals surface area contributed by atoms with Crippen molar-refractivity contribution in [3.8, 4) is 0 Å². The first kappa shape index (κ1) is 14.7. The zero-order valence-electron chi connectivity index (χ0n) is 13.1. The van der Waals surface area contributed by atoms with Crippen LogP contribution < -0.4 is 5.30 Å². The molecule has 1 unspecified atom stereocenters. The summed E-state index contributed by atoms with van der Waals surface area (Å²) in [5.74, 6) is 0.249. The minimum absolute atomic E-state index is 0.0464. The van der Waals surface area contributed by atoms with Crippen molar-refractivity contribution in [3.63, 3.8) is 0 Å². The van der Waals surface area contributed by atoms with Crippen LogP contribution in [0.3, 0.4) is 0 Å². The van der Waals surface area contributed by atoms with Crippen LogP contribution in [0.5, 0.6) is 0 Å². The Kier molecular flexibility index (Phi) is 3.60. The molecule has 0 amide bonds. The largest absolute Gasteiger partial charge is 0.301 e. The van der Waals surface area contributed by atoms with Crippen molar-refractivity contribution >= 4 is 12.6 Å². The molecule has 0 aromatic heterocycles. The van der Waals surface area contributed by atoms with E-state index in [9.17, 15) is 4.57 Å². The third-order valence-electron chi connectivity index (χ3n) is 5.05. The summed E-state index contributed by atoms with van der Waals surface area (Å²) >= 11 is 0. The van der Waals surface area contributed by atoms with Gasteiger partial charge in [-0.3, -0.25) is 0 Å². The van der Waals surface area contributed by atoms with Crippen LogP contribution in [0.4, 0.5) is 0 Å². The normalized spacial score (nSPS) is 32.8. The Hall–Kier alpha value is -1.89. The van der Waals surface area contributed by atoms with Crippen molar-refractivity contribution in [3.05, 3.63) is 90.5 Å². The van der Waals surface area contributed by atoms with Gasteiger partial charge in [-0.15, -0.1) is 0 Å². The van der Waals surface area contributed by atoms with Gasteiger partial charge in [0.1, 0.15) is 0 Å². The van der Waals surface area contributed by atoms with Crippen molar-refractivity contribution in [2.75, 3.05) is 7.05 Å². The van der Waals surface area contributed by atoms with Crippen LogP contribution in [-0.2, 0) is 4.57 Å². The lowest BCUT2D eigenvalue weighted by Gasteiger charge is -2.27.